The molecule has 0 bridgehead atoms. The van der Waals surface area contributed by atoms with Crippen molar-refractivity contribution in [3.8, 4) is 6.07 Å². The summed E-state index contributed by atoms with van der Waals surface area (Å²) in [5.41, 5.74) is 1.79. The molecule has 0 aromatic heterocycles. The van der Waals surface area contributed by atoms with Gasteiger partial charge in [0.1, 0.15) is 0 Å². The van der Waals surface area contributed by atoms with Crippen LogP contribution in [0.5, 0.6) is 0 Å². The Morgan fingerprint density at radius 2 is 2.36 bits per heavy atom. The molecule has 1 saturated heterocycles. The van der Waals surface area contributed by atoms with Crippen LogP contribution in [0.15, 0.2) is 18.2 Å². The Kier molecular flexibility index (Phi) is 2.72. The van der Waals surface area contributed by atoms with E-state index >= 15 is 0 Å². The maximum Gasteiger partial charge on any atom is 0.0992 e. The van der Waals surface area contributed by atoms with Crippen LogP contribution in [0, 0.1) is 11.3 Å². The van der Waals surface area contributed by atoms with Gasteiger partial charge in [-0.2, -0.15) is 5.26 Å². The van der Waals surface area contributed by atoms with E-state index in [9.17, 15) is 0 Å². The summed E-state index contributed by atoms with van der Waals surface area (Å²) >= 11 is 6.11. The summed E-state index contributed by atoms with van der Waals surface area (Å²) in [6, 6.07) is 7.63. The van der Waals surface area contributed by atoms with Gasteiger partial charge in [-0.1, -0.05) is 17.7 Å². The van der Waals surface area contributed by atoms with Crippen LogP contribution in [0.1, 0.15) is 23.5 Å². The van der Waals surface area contributed by atoms with E-state index in [0.29, 0.717) is 11.5 Å². The van der Waals surface area contributed by atoms with Crippen molar-refractivity contribution >= 4 is 11.6 Å². The van der Waals surface area contributed by atoms with Gasteiger partial charge >= 0.3 is 0 Å². The van der Waals surface area contributed by atoms with E-state index < -0.39 is 0 Å². The van der Waals surface area contributed by atoms with Crippen LogP contribution >= 0.6 is 11.6 Å². The Hall–Kier alpha value is -1.04. The van der Waals surface area contributed by atoms with E-state index in [2.05, 4.69) is 11.4 Å². The molecular formula is C11H11ClN2. The first-order chi connectivity index (χ1) is 6.81. The lowest BCUT2D eigenvalue weighted by Crippen LogP contribution is -2.08. The van der Waals surface area contributed by atoms with Gasteiger partial charge in [-0.25, -0.2) is 0 Å². The van der Waals surface area contributed by atoms with Crippen molar-refractivity contribution in [1.82, 2.24) is 5.32 Å². The minimum absolute atomic E-state index is 0.509. The molecule has 0 aliphatic carbocycles. The highest BCUT2D eigenvalue weighted by Gasteiger charge is 2.18. The molecule has 2 rings (SSSR count). The number of hydrogen-bond acceptors (Lipinski definition) is 2. The van der Waals surface area contributed by atoms with Crippen LogP contribution in [-0.2, 0) is 0 Å². The van der Waals surface area contributed by atoms with Crippen molar-refractivity contribution in [3.63, 3.8) is 0 Å². The summed E-state index contributed by atoms with van der Waals surface area (Å²) in [5.74, 6) is 0.509. The molecule has 1 N–H and O–H groups in total. The monoisotopic (exact) mass is 206 g/mol. The average Bonchev–Trinajstić information content (AvgIpc) is 2.70. The molecule has 1 aliphatic rings. The molecule has 0 amide bonds. The molecule has 1 atom stereocenters. The topological polar surface area (TPSA) is 35.8 Å². The summed E-state index contributed by atoms with van der Waals surface area (Å²) in [6.07, 6.45) is 1.13. The van der Waals surface area contributed by atoms with E-state index in [-0.39, 0.29) is 0 Å². The smallest absolute Gasteiger partial charge is 0.0992 e. The Morgan fingerprint density at radius 1 is 1.50 bits per heavy atom. The number of nitriles is 1. The van der Waals surface area contributed by atoms with E-state index in [1.807, 2.05) is 12.1 Å². The second-order valence-corrected chi connectivity index (χ2v) is 3.95. The normalized spacial score (nSPS) is 20.7. The highest BCUT2D eigenvalue weighted by Crippen LogP contribution is 2.29. The molecule has 1 aliphatic heterocycles. The zero-order chi connectivity index (χ0) is 9.97. The van der Waals surface area contributed by atoms with Gasteiger partial charge < -0.3 is 5.32 Å². The van der Waals surface area contributed by atoms with E-state index in [4.69, 9.17) is 16.9 Å². The molecule has 1 aromatic carbocycles. The van der Waals surface area contributed by atoms with Crippen LogP contribution in [0.3, 0.4) is 0 Å². The van der Waals surface area contributed by atoms with Gasteiger partial charge in [-0.05, 0) is 36.6 Å². The molecule has 1 unspecified atom stereocenters. The fraction of sp³-hybridized carbons (Fsp3) is 0.364. The van der Waals surface area contributed by atoms with Crippen LogP contribution in [0.25, 0.3) is 0 Å². The van der Waals surface area contributed by atoms with Gasteiger partial charge in [0, 0.05) is 11.6 Å². The molecule has 2 nitrogen and oxygen atoms in total. The third kappa shape index (κ3) is 1.75. The molecular weight excluding hydrogens is 196 g/mol. The van der Waals surface area contributed by atoms with Gasteiger partial charge in [0.05, 0.1) is 11.6 Å². The Bertz CT molecular complexity index is 375. The van der Waals surface area contributed by atoms with E-state index in [1.54, 1.807) is 6.07 Å². The number of hydrogen-bond donors (Lipinski definition) is 1. The minimum Gasteiger partial charge on any atom is -0.316 e. The fourth-order valence-electron chi connectivity index (χ4n) is 1.85. The predicted octanol–water partition coefficient (Wildman–Crippen LogP) is 2.29. The lowest BCUT2D eigenvalue weighted by molar-refractivity contribution is 0.763. The van der Waals surface area contributed by atoms with Crippen LogP contribution < -0.4 is 5.32 Å². The zero-order valence-electron chi connectivity index (χ0n) is 7.76. The molecule has 0 radical (unpaired) electrons. The summed E-state index contributed by atoms with van der Waals surface area (Å²) in [7, 11) is 0. The largest absolute Gasteiger partial charge is 0.316 e. The van der Waals surface area contributed by atoms with Crippen molar-refractivity contribution < 1.29 is 0 Å². The van der Waals surface area contributed by atoms with Crippen molar-refractivity contribution in [2.45, 2.75) is 12.3 Å². The SMILES string of the molecule is N#Cc1ccc(C2CCNC2)c(Cl)c1. The van der Waals surface area contributed by atoms with Crippen LogP contribution in [0.4, 0.5) is 0 Å². The number of nitrogens with zero attached hydrogens (tertiary/aromatic N) is 1. The van der Waals surface area contributed by atoms with Gasteiger partial charge in [0.2, 0.25) is 0 Å². The molecule has 1 fully saturated rings. The van der Waals surface area contributed by atoms with Crippen molar-refractivity contribution in [3.05, 3.63) is 34.3 Å². The molecule has 0 saturated carbocycles. The quantitative estimate of drug-likeness (QED) is 0.766. The van der Waals surface area contributed by atoms with Crippen molar-refractivity contribution in [2.75, 3.05) is 13.1 Å². The first-order valence-corrected chi connectivity index (χ1v) is 5.09. The highest BCUT2D eigenvalue weighted by molar-refractivity contribution is 6.31. The predicted molar refractivity (Wildman–Crippen MR) is 56.4 cm³/mol. The third-order valence-corrected chi connectivity index (χ3v) is 2.96. The lowest BCUT2D eigenvalue weighted by Gasteiger charge is -2.10. The first-order valence-electron chi connectivity index (χ1n) is 4.71. The van der Waals surface area contributed by atoms with Crippen molar-refractivity contribution in [1.29, 1.82) is 5.26 Å². The maximum atomic E-state index is 8.70. The molecule has 0 spiro atoms. The second kappa shape index (κ2) is 4.00. The minimum atomic E-state index is 0.509. The van der Waals surface area contributed by atoms with Crippen molar-refractivity contribution in [2.24, 2.45) is 0 Å². The molecule has 1 heterocycles. The average molecular weight is 207 g/mol. The van der Waals surface area contributed by atoms with E-state index in [0.717, 1.165) is 30.1 Å². The molecule has 3 heteroatoms. The Labute approximate surface area is 88.5 Å². The molecule has 72 valence electrons. The maximum absolute atomic E-state index is 8.70. The fourth-order valence-corrected chi connectivity index (χ4v) is 2.18. The number of rotatable bonds is 1. The number of nitrogens with one attached hydrogen (secondary N) is 1. The summed E-state index contributed by atoms with van der Waals surface area (Å²) in [6.45, 7) is 2.05. The Morgan fingerprint density at radius 3 is 2.93 bits per heavy atom. The summed E-state index contributed by atoms with van der Waals surface area (Å²) in [4.78, 5) is 0. The molecule has 14 heavy (non-hydrogen) atoms. The highest BCUT2D eigenvalue weighted by atomic mass is 35.5. The molecule has 1 aromatic rings. The van der Waals surface area contributed by atoms with Gasteiger partial charge in [-0.3, -0.25) is 0 Å². The zero-order valence-corrected chi connectivity index (χ0v) is 8.51. The number of halogens is 1. The van der Waals surface area contributed by atoms with E-state index in [1.165, 1.54) is 0 Å². The summed E-state index contributed by atoms with van der Waals surface area (Å²) in [5, 5.41) is 12.7. The van der Waals surface area contributed by atoms with Crippen LogP contribution in [0.2, 0.25) is 5.02 Å². The standard InChI is InChI=1S/C11H11ClN2/c12-11-5-8(6-13)1-2-10(11)9-3-4-14-7-9/h1-2,5,9,14H,3-4,7H2. The summed E-state index contributed by atoms with van der Waals surface area (Å²) < 4.78 is 0. The van der Waals surface area contributed by atoms with Gasteiger partial charge in [0.25, 0.3) is 0 Å². The van der Waals surface area contributed by atoms with Gasteiger partial charge in [0.15, 0.2) is 0 Å². The second-order valence-electron chi connectivity index (χ2n) is 3.54. The van der Waals surface area contributed by atoms with Crippen LogP contribution in [-0.4, -0.2) is 13.1 Å². The first kappa shape index (κ1) is 9.51. The van der Waals surface area contributed by atoms with Gasteiger partial charge in [-0.15, -0.1) is 0 Å². The third-order valence-electron chi connectivity index (χ3n) is 2.63. The number of benzene rings is 1. The Balaban J connectivity index is 2.30. The lowest BCUT2D eigenvalue weighted by atomic mass is 9.97.